The highest BCUT2D eigenvalue weighted by molar-refractivity contribution is 8.26. The van der Waals surface area contributed by atoms with Gasteiger partial charge in [-0.25, -0.2) is 4.98 Å². The number of aryl methyl sites for hydroxylation is 1. The number of nitrogens with one attached hydrogen (secondary N) is 1. The molecule has 2 fully saturated rings. The molecule has 10 heteroatoms. The van der Waals surface area contributed by atoms with E-state index in [2.05, 4.69) is 17.1 Å². The third-order valence-corrected chi connectivity index (χ3v) is 7.39. The smallest absolute Gasteiger partial charge is 0.267 e. The number of aromatic nitrogens is 2. The third kappa shape index (κ3) is 5.51. The monoisotopic (exact) mass is 501 g/mol. The number of pyridine rings is 1. The van der Waals surface area contributed by atoms with Crippen LogP contribution in [0.2, 0.25) is 0 Å². The molecule has 0 unspecified atom stereocenters. The zero-order valence-electron chi connectivity index (χ0n) is 19.7. The van der Waals surface area contributed by atoms with Gasteiger partial charge < -0.3 is 10.1 Å². The Bertz CT molecular complexity index is 1160. The lowest BCUT2D eigenvalue weighted by Crippen LogP contribution is -2.37. The Morgan fingerprint density at radius 2 is 2.03 bits per heavy atom. The minimum Gasteiger partial charge on any atom is -0.379 e. The molecule has 8 nitrogen and oxygen atoms in total. The molecule has 2 aliphatic heterocycles. The second kappa shape index (κ2) is 11.4. The van der Waals surface area contributed by atoms with Crippen LogP contribution in [-0.4, -0.2) is 75.3 Å². The van der Waals surface area contributed by atoms with E-state index >= 15 is 0 Å². The number of nitrogens with zero attached hydrogens (tertiary/aromatic N) is 4. The van der Waals surface area contributed by atoms with Crippen molar-refractivity contribution in [1.82, 2.24) is 19.2 Å². The number of ether oxygens (including phenoxy) is 1. The van der Waals surface area contributed by atoms with Gasteiger partial charge in [0.1, 0.15) is 15.8 Å². The fraction of sp³-hybridized carbons (Fsp3) is 0.500. The average molecular weight is 502 g/mol. The second-order valence-corrected chi connectivity index (χ2v) is 10.2. The highest BCUT2D eigenvalue weighted by Gasteiger charge is 2.32. The molecule has 0 spiro atoms. The predicted octanol–water partition coefficient (Wildman–Crippen LogP) is 3.14. The Morgan fingerprint density at radius 3 is 2.79 bits per heavy atom. The van der Waals surface area contributed by atoms with Crippen molar-refractivity contribution in [2.75, 3.05) is 51.3 Å². The van der Waals surface area contributed by atoms with Crippen molar-refractivity contribution in [1.29, 1.82) is 0 Å². The van der Waals surface area contributed by atoms with Gasteiger partial charge in [-0.3, -0.25) is 23.8 Å². The highest BCUT2D eigenvalue weighted by atomic mass is 32.2. The van der Waals surface area contributed by atoms with Crippen LogP contribution in [0, 0.1) is 6.92 Å². The topological polar surface area (TPSA) is 79.2 Å². The SMILES string of the molecule is CCCCN1C(=O)/C(=C/c2c(NCCCN3CCOCC3)nc3c(C)cccn3c2=O)SC1=S. The van der Waals surface area contributed by atoms with Crippen LogP contribution in [0.25, 0.3) is 11.7 Å². The molecular weight excluding hydrogens is 470 g/mol. The van der Waals surface area contributed by atoms with Crippen molar-refractivity contribution in [3.05, 3.63) is 44.7 Å². The summed E-state index contributed by atoms with van der Waals surface area (Å²) in [5.41, 5.74) is 1.69. The number of fused-ring (bicyclic) bond motifs is 1. The highest BCUT2D eigenvalue weighted by Crippen LogP contribution is 2.33. The first-order valence-corrected chi connectivity index (χ1v) is 13.0. The molecule has 1 N–H and O–H groups in total. The molecule has 0 atom stereocenters. The molecule has 182 valence electrons. The summed E-state index contributed by atoms with van der Waals surface area (Å²) in [7, 11) is 0. The van der Waals surface area contributed by atoms with E-state index in [9.17, 15) is 9.59 Å². The minimum atomic E-state index is -0.205. The second-order valence-electron chi connectivity index (χ2n) is 8.49. The van der Waals surface area contributed by atoms with Crippen molar-refractivity contribution in [3.8, 4) is 0 Å². The van der Waals surface area contributed by atoms with Crippen LogP contribution < -0.4 is 10.9 Å². The lowest BCUT2D eigenvalue weighted by molar-refractivity contribution is -0.122. The zero-order chi connectivity index (χ0) is 24.1. The maximum atomic E-state index is 13.5. The first-order chi connectivity index (χ1) is 16.5. The molecular formula is C24H31N5O3S2. The van der Waals surface area contributed by atoms with Gasteiger partial charge in [-0.2, -0.15) is 0 Å². The van der Waals surface area contributed by atoms with Crippen LogP contribution in [0.15, 0.2) is 28.0 Å². The van der Waals surface area contributed by atoms with Gasteiger partial charge in [0.25, 0.3) is 11.5 Å². The first kappa shape index (κ1) is 24.8. The van der Waals surface area contributed by atoms with Crippen molar-refractivity contribution < 1.29 is 9.53 Å². The normalized spacial score (nSPS) is 18.4. The summed E-state index contributed by atoms with van der Waals surface area (Å²) in [5, 5.41) is 3.36. The fourth-order valence-corrected chi connectivity index (χ4v) is 5.34. The molecule has 0 radical (unpaired) electrons. The molecule has 0 aliphatic carbocycles. The van der Waals surface area contributed by atoms with Crippen molar-refractivity contribution in [2.45, 2.75) is 33.1 Å². The Balaban J connectivity index is 1.61. The Hall–Kier alpha value is -2.27. The number of amides is 1. The molecule has 1 amide bonds. The molecule has 4 rings (SSSR count). The summed E-state index contributed by atoms with van der Waals surface area (Å²) >= 11 is 6.68. The van der Waals surface area contributed by atoms with E-state index in [0.29, 0.717) is 39.3 Å². The van der Waals surface area contributed by atoms with Crippen LogP contribution in [0.1, 0.15) is 37.3 Å². The Morgan fingerprint density at radius 1 is 1.24 bits per heavy atom. The van der Waals surface area contributed by atoms with Crippen LogP contribution in [0.5, 0.6) is 0 Å². The summed E-state index contributed by atoms with van der Waals surface area (Å²) in [6.45, 7) is 9.67. The predicted molar refractivity (Wildman–Crippen MR) is 141 cm³/mol. The van der Waals surface area contributed by atoms with Crippen molar-refractivity contribution in [2.24, 2.45) is 0 Å². The van der Waals surface area contributed by atoms with Gasteiger partial charge in [0, 0.05) is 32.4 Å². The maximum Gasteiger partial charge on any atom is 0.267 e. The van der Waals surface area contributed by atoms with E-state index in [0.717, 1.165) is 57.7 Å². The van der Waals surface area contributed by atoms with E-state index in [1.54, 1.807) is 17.2 Å². The van der Waals surface area contributed by atoms with Crippen LogP contribution in [-0.2, 0) is 9.53 Å². The quantitative estimate of drug-likeness (QED) is 0.319. The standard InChI is InChI=1S/C24H31N5O3S2/c1-3-4-10-29-23(31)19(34-24(29)33)16-18-20(25-8-6-9-27-12-14-32-15-13-27)26-21-17(2)7-5-11-28(21)22(18)30/h5,7,11,16,25H,3-4,6,8-10,12-15H2,1-2H3/b19-16-. The fourth-order valence-electron chi connectivity index (χ4n) is 4.05. The van der Waals surface area contributed by atoms with Gasteiger partial charge in [-0.05, 0) is 44.0 Å². The zero-order valence-corrected chi connectivity index (χ0v) is 21.3. The molecule has 2 aromatic heterocycles. The van der Waals surface area contributed by atoms with Crippen LogP contribution >= 0.6 is 24.0 Å². The number of morpholine rings is 1. The largest absolute Gasteiger partial charge is 0.379 e. The molecule has 4 heterocycles. The van der Waals surface area contributed by atoms with E-state index < -0.39 is 0 Å². The van der Waals surface area contributed by atoms with Gasteiger partial charge in [-0.15, -0.1) is 0 Å². The summed E-state index contributed by atoms with van der Waals surface area (Å²) in [6.07, 6.45) is 6.13. The third-order valence-electron chi connectivity index (χ3n) is 6.02. The molecule has 2 saturated heterocycles. The summed E-state index contributed by atoms with van der Waals surface area (Å²) in [5.74, 6) is 0.357. The van der Waals surface area contributed by atoms with Crippen LogP contribution in [0.3, 0.4) is 0 Å². The molecule has 2 aromatic rings. The number of hydrogen-bond acceptors (Lipinski definition) is 8. The van der Waals surface area contributed by atoms with Gasteiger partial charge in [0.2, 0.25) is 0 Å². The number of hydrogen-bond donors (Lipinski definition) is 1. The number of rotatable bonds is 9. The minimum absolute atomic E-state index is 0.143. The number of thioether (sulfide) groups is 1. The number of thiocarbonyl (C=S) groups is 1. The Labute approximate surface area is 209 Å². The first-order valence-electron chi connectivity index (χ1n) is 11.8. The molecule has 2 aliphatic rings. The number of unbranched alkanes of at least 4 members (excludes halogenated alkanes) is 1. The van der Waals surface area contributed by atoms with Gasteiger partial charge in [0.15, 0.2) is 0 Å². The molecule has 0 saturated carbocycles. The van der Waals surface area contributed by atoms with E-state index in [1.807, 2.05) is 19.1 Å². The van der Waals surface area contributed by atoms with Crippen molar-refractivity contribution in [3.63, 3.8) is 0 Å². The van der Waals surface area contributed by atoms with E-state index in [4.69, 9.17) is 21.9 Å². The lowest BCUT2D eigenvalue weighted by atomic mass is 10.2. The van der Waals surface area contributed by atoms with E-state index in [-0.39, 0.29) is 11.5 Å². The molecule has 34 heavy (non-hydrogen) atoms. The Kier molecular flexibility index (Phi) is 8.36. The van der Waals surface area contributed by atoms with Gasteiger partial charge in [0.05, 0.1) is 23.7 Å². The number of anilines is 1. The van der Waals surface area contributed by atoms with Gasteiger partial charge >= 0.3 is 0 Å². The summed E-state index contributed by atoms with van der Waals surface area (Å²) < 4.78 is 7.49. The van der Waals surface area contributed by atoms with Gasteiger partial charge in [-0.1, -0.05) is 43.4 Å². The number of carbonyl (C=O) groups excluding carboxylic acids is 1. The number of carbonyl (C=O) groups is 1. The van der Waals surface area contributed by atoms with Crippen LogP contribution in [0.4, 0.5) is 5.82 Å². The summed E-state index contributed by atoms with van der Waals surface area (Å²) in [6, 6.07) is 3.76. The maximum absolute atomic E-state index is 13.5. The molecule has 0 aromatic carbocycles. The molecule has 0 bridgehead atoms. The average Bonchev–Trinajstić information content (AvgIpc) is 3.11. The van der Waals surface area contributed by atoms with E-state index in [1.165, 1.54) is 16.2 Å². The van der Waals surface area contributed by atoms with Crippen molar-refractivity contribution >= 4 is 51.7 Å². The summed E-state index contributed by atoms with van der Waals surface area (Å²) in [4.78, 5) is 35.7. The lowest BCUT2D eigenvalue weighted by Gasteiger charge is -2.26.